The molecule has 0 aromatic carbocycles. The first kappa shape index (κ1) is 11.3. The molecule has 0 saturated carbocycles. The maximum atomic E-state index is 12.1. The Balaban J connectivity index is 2.51. The lowest BCUT2D eigenvalue weighted by atomic mass is 10.7. The zero-order valence-electron chi connectivity index (χ0n) is 8.21. The summed E-state index contributed by atoms with van der Waals surface area (Å²) in [6.07, 6.45) is 0. The minimum Gasteiger partial charge on any atom is -0.335 e. The van der Waals surface area contributed by atoms with E-state index in [4.69, 9.17) is 0 Å². The van der Waals surface area contributed by atoms with Crippen molar-refractivity contribution in [1.82, 2.24) is 24.6 Å². The smallest absolute Gasteiger partial charge is 0.331 e. The SMILES string of the molecule is Cn1nnc(Br)c1S(=O)(=O)N1CCNC1=O. The number of carbonyl (C=O) groups excluding carboxylic acids is 1. The van der Waals surface area contributed by atoms with Gasteiger partial charge in [0.25, 0.3) is 10.0 Å². The monoisotopic (exact) mass is 309 g/mol. The van der Waals surface area contributed by atoms with Gasteiger partial charge in [0.15, 0.2) is 4.60 Å². The Morgan fingerprint density at radius 1 is 1.50 bits per heavy atom. The number of carbonyl (C=O) groups is 1. The number of aromatic nitrogens is 3. The van der Waals surface area contributed by atoms with Crippen LogP contribution in [0.25, 0.3) is 0 Å². The van der Waals surface area contributed by atoms with Crippen molar-refractivity contribution in [2.24, 2.45) is 7.05 Å². The lowest BCUT2D eigenvalue weighted by Gasteiger charge is -2.14. The summed E-state index contributed by atoms with van der Waals surface area (Å²) in [7, 11) is -2.45. The summed E-state index contributed by atoms with van der Waals surface area (Å²) in [6.45, 7) is 0.416. The van der Waals surface area contributed by atoms with Crippen molar-refractivity contribution in [2.45, 2.75) is 5.03 Å². The van der Waals surface area contributed by atoms with Gasteiger partial charge in [0, 0.05) is 13.6 Å². The Kier molecular flexibility index (Phi) is 2.62. The quantitative estimate of drug-likeness (QED) is 0.778. The highest BCUT2D eigenvalue weighted by Crippen LogP contribution is 2.22. The van der Waals surface area contributed by atoms with Gasteiger partial charge >= 0.3 is 6.03 Å². The number of halogens is 1. The number of nitrogens with zero attached hydrogens (tertiary/aromatic N) is 4. The van der Waals surface area contributed by atoms with Gasteiger partial charge in [-0.2, -0.15) is 8.42 Å². The molecule has 0 bridgehead atoms. The van der Waals surface area contributed by atoms with Gasteiger partial charge in [-0.1, -0.05) is 5.21 Å². The predicted molar refractivity (Wildman–Crippen MR) is 56.0 cm³/mol. The molecule has 0 spiro atoms. The van der Waals surface area contributed by atoms with E-state index >= 15 is 0 Å². The molecule has 1 aliphatic rings. The summed E-state index contributed by atoms with van der Waals surface area (Å²) in [4.78, 5) is 11.3. The van der Waals surface area contributed by atoms with E-state index < -0.39 is 16.1 Å². The summed E-state index contributed by atoms with van der Waals surface area (Å²) in [5.41, 5.74) is 0. The molecular formula is C6H8BrN5O3S. The number of hydrogen-bond donors (Lipinski definition) is 1. The van der Waals surface area contributed by atoms with E-state index in [1.807, 2.05) is 0 Å². The third-order valence-electron chi connectivity index (χ3n) is 2.09. The highest BCUT2D eigenvalue weighted by Gasteiger charge is 2.36. The molecule has 2 rings (SSSR count). The van der Waals surface area contributed by atoms with Crippen LogP contribution in [-0.2, 0) is 17.1 Å². The van der Waals surface area contributed by atoms with E-state index in [1.54, 1.807) is 0 Å². The van der Waals surface area contributed by atoms with Crippen LogP contribution >= 0.6 is 15.9 Å². The molecule has 2 heterocycles. The van der Waals surface area contributed by atoms with Gasteiger partial charge < -0.3 is 5.32 Å². The van der Waals surface area contributed by atoms with Gasteiger partial charge in [0.1, 0.15) is 0 Å². The third-order valence-corrected chi connectivity index (χ3v) is 4.76. The average molecular weight is 310 g/mol. The second kappa shape index (κ2) is 3.70. The second-order valence-electron chi connectivity index (χ2n) is 3.12. The fourth-order valence-corrected chi connectivity index (χ4v) is 3.77. The molecule has 0 atom stereocenters. The van der Waals surface area contributed by atoms with E-state index in [0.29, 0.717) is 6.54 Å². The molecule has 1 saturated heterocycles. The van der Waals surface area contributed by atoms with Crippen molar-refractivity contribution in [3.8, 4) is 0 Å². The van der Waals surface area contributed by atoms with Crippen LogP contribution in [0.15, 0.2) is 9.63 Å². The lowest BCUT2D eigenvalue weighted by Crippen LogP contribution is -2.35. The normalized spacial score (nSPS) is 16.6. The topological polar surface area (TPSA) is 97.2 Å². The van der Waals surface area contributed by atoms with Crippen LogP contribution in [0.3, 0.4) is 0 Å². The summed E-state index contributed by atoms with van der Waals surface area (Å²) >= 11 is 2.99. The number of urea groups is 1. The number of rotatable bonds is 2. The molecule has 8 nitrogen and oxygen atoms in total. The number of nitrogens with one attached hydrogen (secondary N) is 1. The van der Waals surface area contributed by atoms with Crippen LogP contribution in [0.2, 0.25) is 0 Å². The number of hydrogen-bond acceptors (Lipinski definition) is 5. The number of aryl methyl sites for hydroxylation is 1. The first-order chi connectivity index (χ1) is 7.44. The molecule has 10 heteroatoms. The molecule has 1 aliphatic heterocycles. The second-order valence-corrected chi connectivity index (χ2v) is 5.65. The minimum absolute atomic E-state index is 0.0923. The van der Waals surface area contributed by atoms with Crippen molar-refractivity contribution in [2.75, 3.05) is 13.1 Å². The maximum Gasteiger partial charge on any atom is 0.331 e. The Labute approximate surface area is 99.8 Å². The lowest BCUT2D eigenvalue weighted by molar-refractivity contribution is 0.235. The molecule has 1 N–H and O–H groups in total. The van der Waals surface area contributed by atoms with Gasteiger partial charge in [-0.25, -0.2) is 13.8 Å². The van der Waals surface area contributed by atoms with Crippen molar-refractivity contribution >= 4 is 32.0 Å². The summed E-state index contributed by atoms with van der Waals surface area (Å²) in [6, 6.07) is -0.631. The first-order valence-electron chi connectivity index (χ1n) is 4.30. The van der Waals surface area contributed by atoms with E-state index in [1.165, 1.54) is 7.05 Å². The van der Waals surface area contributed by atoms with Crippen LogP contribution in [0.1, 0.15) is 0 Å². The van der Waals surface area contributed by atoms with Gasteiger partial charge in [-0.3, -0.25) is 0 Å². The molecule has 1 aromatic heterocycles. The first-order valence-corrected chi connectivity index (χ1v) is 6.53. The van der Waals surface area contributed by atoms with Crippen LogP contribution in [0.5, 0.6) is 0 Å². The molecule has 0 aliphatic carbocycles. The fraction of sp³-hybridized carbons (Fsp3) is 0.500. The molecular weight excluding hydrogens is 302 g/mol. The summed E-state index contributed by atoms with van der Waals surface area (Å²) in [5, 5.41) is 9.42. The van der Waals surface area contributed by atoms with Crippen LogP contribution in [0, 0.1) is 0 Å². The van der Waals surface area contributed by atoms with Crippen molar-refractivity contribution in [3.63, 3.8) is 0 Å². The summed E-state index contributed by atoms with van der Waals surface area (Å²) < 4.78 is 26.1. The highest BCUT2D eigenvalue weighted by molar-refractivity contribution is 9.10. The summed E-state index contributed by atoms with van der Waals surface area (Å²) in [5.74, 6) is 0. The van der Waals surface area contributed by atoms with Crippen molar-refractivity contribution < 1.29 is 13.2 Å². The van der Waals surface area contributed by atoms with Crippen LogP contribution in [0.4, 0.5) is 4.79 Å². The minimum atomic E-state index is -3.89. The standard InChI is InChI=1S/C6H8BrN5O3S/c1-11-5(4(7)9-10-11)16(14,15)12-3-2-8-6(12)13/h2-3H2,1H3,(H,8,13). The van der Waals surface area contributed by atoms with Crippen LogP contribution < -0.4 is 5.32 Å². The zero-order chi connectivity index (χ0) is 11.9. The Bertz CT molecular complexity index is 519. The van der Waals surface area contributed by atoms with E-state index in [0.717, 1.165) is 8.99 Å². The number of sulfonamides is 1. The van der Waals surface area contributed by atoms with E-state index in [9.17, 15) is 13.2 Å². The Hall–Kier alpha value is -1.16. The van der Waals surface area contributed by atoms with E-state index in [2.05, 4.69) is 31.6 Å². The maximum absolute atomic E-state index is 12.1. The average Bonchev–Trinajstić information content (AvgIpc) is 2.73. The molecule has 2 amide bonds. The largest absolute Gasteiger partial charge is 0.335 e. The van der Waals surface area contributed by atoms with Gasteiger partial charge in [0.05, 0.1) is 6.54 Å². The van der Waals surface area contributed by atoms with E-state index in [-0.39, 0.29) is 16.2 Å². The molecule has 1 fully saturated rings. The number of amides is 2. The Morgan fingerprint density at radius 3 is 2.62 bits per heavy atom. The van der Waals surface area contributed by atoms with Gasteiger partial charge in [-0.05, 0) is 15.9 Å². The molecule has 88 valence electrons. The fourth-order valence-electron chi connectivity index (χ4n) is 1.38. The molecule has 0 unspecified atom stereocenters. The molecule has 16 heavy (non-hydrogen) atoms. The van der Waals surface area contributed by atoms with Gasteiger partial charge in [-0.15, -0.1) is 5.10 Å². The van der Waals surface area contributed by atoms with Crippen LogP contribution in [-0.4, -0.2) is 46.8 Å². The van der Waals surface area contributed by atoms with Crippen molar-refractivity contribution in [3.05, 3.63) is 4.60 Å². The molecule has 1 aromatic rings. The molecule has 0 radical (unpaired) electrons. The highest BCUT2D eigenvalue weighted by atomic mass is 79.9. The van der Waals surface area contributed by atoms with Gasteiger partial charge in [0.2, 0.25) is 5.03 Å². The third kappa shape index (κ3) is 1.57. The zero-order valence-corrected chi connectivity index (χ0v) is 10.6. The Morgan fingerprint density at radius 2 is 2.19 bits per heavy atom. The predicted octanol–water partition coefficient (Wildman–Crippen LogP) is -0.709. The van der Waals surface area contributed by atoms with Crippen molar-refractivity contribution in [1.29, 1.82) is 0 Å².